The Morgan fingerprint density at radius 3 is 1.77 bits per heavy atom. The standard InChI is InChI=1S/C59H45N3O2/c63-58-52-28-24-43(42-23-27-49-45-30-37-29-38(31-45)33-46(32-37)54(49)35-42)36-56(52)61-57-51(18-10-19-53(57)59(64)62(58)61)44-15-9-16-48(34-44)60(47-25-21-40(22-26-47)39-11-3-1-4-12-39)55-20-8-7-17-50(55)41-13-5-2-6-14-41/h1-28,34-38,45-46H,29-33H2. The lowest BCUT2D eigenvalue weighted by molar-refractivity contribution is 0.166. The number of fused-ring (bicyclic) bond motifs is 5. The van der Waals surface area contributed by atoms with Gasteiger partial charge < -0.3 is 4.90 Å². The Morgan fingerprint density at radius 1 is 0.391 bits per heavy atom. The highest BCUT2D eigenvalue weighted by Crippen LogP contribution is 2.56. The molecule has 2 saturated carbocycles. The molecule has 14 rings (SSSR count). The van der Waals surface area contributed by atoms with E-state index >= 15 is 0 Å². The first-order valence-corrected chi connectivity index (χ1v) is 22.8. The van der Waals surface area contributed by atoms with E-state index in [4.69, 9.17) is 0 Å². The summed E-state index contributed by atoms with van der Waals surface area (Å²) in [5, 5.41) is 1.06. The summed E-state index contributed by atoms with van der Waals surface area (Å²) < 4.78 is 3.23. The van der Waals surface area contributed by atoms with Crippen LogP contribution in [0.25, 0.3) is 66.3 Å². The fourth-order valence-corrected chi connectivity index (χ4v) is 12.1. The van der Waals surface area contributed by atoms with Crippen LogP contribution < -0.4 is 16.0 Å². The van der Waals surface area contributed by atoms with Gasteiger partial charge in [-0.05, 0) is 149 Å². The molecule has 4 aliphatic rings. The van der Waals surface area contributed by atoms with Gasteiger partial charge in [0, 0.05) is 22.5 Å². The number of hydrogen-bond donors (Lipinski definition) is 0. The number of rotatable bonds is 7. The number of benzene rings is 8. The summed E-state index contributed by atoms with van der Waals surface area (Å²) in [6.07, 6.45) is 6.71. The molecule has 0 radical (unpaired) electrons. The van der Waals surface area contributed by atoms with Gasteiger partial charge in [0.15, 0.2) is 0 Å². The number of aromatic nitrogens is 2. The highest BCUT2D eigenvalue weighted by molar-refractivity contribution is 5.99. The summed E-state index contributed by atoms with van der Waals surface area (Å²) in [7, 11) is 0. The largest absolute Gasteiger partial charge is 0.310 e. The third-order valence-electron chi connectivity index (χ3n) is 14.8. The smallest absolute Gasteiger partial charge is 0.282 e. The molecular formula is C59H45N3O2. The zero-order valence-corrected chi connectivity index (χ0v) is 35.4. The molecule has 2 aromatic heterocycles. The zero-order valence-electron chi connectivity index (χ0n) is 35.4. The molecule has 2 atom stereocenters. The molecule has 0 spiro atoms. The lowest BCUT2D eigenvalue weighted by Gasteiger charge is -2.38. The van der Waals surface area contributed by atoms with Gasteiger partial charge in [0.05, 0.1) is 27.5 Å². The number of nitrogens with zero attached hydrogens (tertiary/aromatic N) is 3. The van der Waals surface area contributed by atoms with E-state index in [9.17, 15) is 9.59 Å². The molecular weight excluding hydrogens is 783 g/mol. The van der Waals surface area contributed by atoms with Crippen LogP contribution in [0.1, 0.15) is 55.1 Å². The van der Waals surface area contributed by atoms with E-state index in [0.29, 0.717) is 22.6 Å². The highest BCUT2D eigenvalue weighted by atomic mass is 16.2. The van der Waals surface area contributed by atoms with Crippen molar-refractivity contribution in [2.45, 2.75) is 43.9 Å². The maximum Gasteiger partial charge on any atom is 0.282 e. The van der Waals surface area contributed by atoms with Gasteiger partial charge in [0.1, 0.15) is 0 Å². The van der Waals surface area contributed by atoms with Gasteiger partial charge in [-0.1, -0.05) is 140 Å². The summed E-state index contributed by atoms with van der Waals surface area (Å²) in [6, 6.07) is 66.0. The Balaban J connectivity index is 0.970. The fourth-order valence-electron chi connectivity index (χ4n) is 12.1. The summed E-state index contributed by atoms with van der Waals surface area (Å²) in [5.74, 6) is 3.03. The molecule has 8 aromatic carbocycles. The molecule has 4 bridgehead atoms. The van der Waals surface area contributed by atoms with Crippen LogP contribution in [-0.4, -0.2) is 9.03 Å². The van der Waals surface area contributed by atoms with Gasteiger partial charge >= 0.3 is 0 Å². The molecule has 64 heavy (non-hydrogen) atoms. The summed E-state index contributed by atoms with van der Waals surface area (Å²) in [6.45, 7) is 0. The van der Waals surface area contributed by atoms with Crippen molar-refractivity contribution in [2.24, 2.45) is 11.8 Å². The minimum atomic E-state index is -0.302. The molecule has 2 fully saturated rings. The summed E-state index contributed by atoms with van der Waals surface area (Å²) in [5.41, 5.74) is 15.6. The van der Waals surface area contributed by atoms with Crippen molar-refractivity contribution in [1.29, 1.82) is 0 Å². The van der Waals surface area contributed by atoms with Crippen LogP contribution in [0.5, 0.6) is 0 Å². The first-order valence-electron chi connectivity index (χ1n) is 22.8. The van der Waals surface area contributed by atoms with Crippen LogP contribution in [0, 0.1) is 11.8 Å². The summed E-state index contributed by atoms with van der Waals surface area (Å²) in [4.78, 5) is 30.9. The Hall–Kier alpha value is -7.50. The van der Waals surface area contributed by atoms with E-state index in [0.717, 1.165) is 73.3 Å². The molecule has 0 aliphatic heterocycles. The molecule has 308 valence electrons. The first kappa shape index (κ1) is 37.1. The Morgan fingerprint density at radius 2 is 0.984 bits per heavy atom. The quantitative estimate of drug-likeness (QED) is 0.161. The Labute approximate surface area is 371 Å². The van der Waals surface area contributed by atoms with Crippen molar-refractivity contribution in [2.75, 3.05) is 4.90 Å². The second kappa shape index (κ2) is 14.5. The molecule has 5 nitrogen and oxygen atoms in total. The van der Waals surface area contributed by atoms with E-state index in [-0.39, 0.29) is 11.1 Å². The third kappa shape index (κ3) is 5.84. The van der Waals surface area contributed by atoms with Crippen molar-refractivity contribution in [3.05, 3.63) is 220 Å². The van der Waals surface area contributed by atoms with Crippen molar-refractivity contribution in [1.82, 2.24) is 9.03 Å². The number of anilines is 3. The average Bonchev–Trinajstić information content (AvgIpc) is 3.75. The zero-order chi connectivity index (χ0) is 42.5. The topological polar surface area (TPSA) is 46.2 Å². The average molecular weight is 828 g/mol. The van der Waals surface area contributed by atoms with Gasteiger partial charge in [-0.25, -0.2) is 4.52 Å². The van der Waals surface area contributed by atoms with Gasteiger partial charge in [-0.15, -0.1) is 0 Å². The van der Waals surface area contributed by atoms with E-state index in [2.05, 4.69) is 163 Å². The van der Waals surface area contributed by atoms with E-state index in [1.807, 2.05) is 34.8 Å². The highest BCUT2D eigenvalue weighted by Gasteiger charge is 2.42. The number of hydrogen-bond acceptors (Lipinski definition) is 3. The third-order valence-corrected chi connectivity index (χ3v) is 14.8. The SMILES string of the molecule is O=c1c2ccc(-c3ccc4c(c3)C3CC5CC(CC4C5)C3)cc2n2c3c(-c4cccc(N(c5ccc(-c6ccccc6)cc5)c5ccccc5-c5ccccc5)c4)cccc3c(=O)n12. The normalized spacial score (nSPS) is 18.8. The van der Waals surface area contributed by atoms with Crippen LogP contribution in [-0.2, 0) is 0 Å². The van der Waals surface area contributed by atoms with Gasteiger partial charge in [0.25, 0.3) is 11.1 Å². The Bertz CT molecular complexity index is 3540. The van der Waals surface area contributed by atoms with Crippen molar-refractivity contribution in [3.63, 3.8) is 0 Å². The van der Waals surface area contributed by atoms with Gasteiger partial charge in [-0.2, -0.15) is 4.52 Å². The molecule has 10 aromatic rings. The monoisotopic (exact) mass is 827 g/mol. The lowest BCUT2D eigenvalue weighted by Crippen LogP contribution is -2.25. The van der Waals surface area contributed by atoms with Crippen molar-refractivity contribution >= 4 is 38.9 Å². The van der Waals surface area contributed by atoms with Crippen LogP contribution in [0.4, 0.5) is 17.1 Å². The summed E-state index contributed by atoms with van der Waals surface area (Å²) >= 11 is 0. The first-order chi connectivity index (χ1) is 31.5. The molecule has 0 N–H and O–H groups in total. The van der Waals surface area contributed by atoms with Crippen molar-refractivity contribution < 1.29 is 0 Å². The molecule has 0 amide bonds. The maximum atomic E-state index is 14.3. The predicted molar refractivity (Wildman–Crippen MR) is 262 cm³/mol. The van der Waals surface area contributed by atoms with Crippen LogP contribution in [0.15, 0.2) is 198 Å². The van der Waals surface area contributed by atoms with Crippen LogP contribution in [0.3, 0.4) is 0 Å². The van der Waals surface area contributed by atoms with E-state index in [1.54, 1.807) is 11.1 Å². The number of para-hydroxylation sites is 2. The molecule has 0 saturated heterocycles. The Kier molecular flexibility index (Phi) is 8.42. The lowest BCUT2D eigenvalue weighted by atomic mass is 9.67. The van der Waals surface area contributed by atoms with Gasteiger partial charge in [-0.3, -0.25) is 9.59 Å². The molecule has 5 heteroatoms. The molecule has 2 unspecified atom stereocenters. The van der Waals surface area contributed by atoms with Gasteiger partial charge in [0.2, 0.25) is 0 Å². The molecule has 4 aliphatic carbocycles. The van der Waals surface area contributed by atoms with E-state index in [1.165, 1.54) is 47.7 Å². The predicted octanol–water partition coefficient (Wildman–Crippen LogP) is 14.0. The van der Waals surface area contributed by atoms with Crippen LogP contribution in [0.2, 0.25) is 0 Å². The minimum absolute atomic E-state index is 0.292. The van der Waals surface area contributed by atoms with Crippen molar-refractivity contribution in [3.8, 4) is 44.5 Å². The second-order valence-electron chi connectivity index (χ2n) is 18.5. The van der Waals surface area contributed by atoms with Crippen LogP contribution >= 0.6 is 0 Å². The maximum absolute atomic E-state index is 14.3. The second-order valence-corrected chi connectivity index (χ2v) is 18.5. The van der Waals surface area contributed by atoms with E-state index < -0.39 is 0 Å². The fraction of sp³-hybridized carbons (Fsp3) is 0.153. The minimum Gasteiger partial charge on any atom is -0.310 e. The molecule has 2 heterocycles.